The zero-order valence-corrected chi connectivity index (χ0v) is 20.3. The van der Waals surface area contributed by atoms with Crippen LogP contribution in [0, 0.1) is 36.5 Å². The second-order valence-electron chi connectivity index (χ2n) is 9.72. The molecular formula is C27H30F3N3O2. The Kier molecular flexibility index (Phi) is 6.83. The third-order valence-electron chi connectivity index (χ3n) is 7.56. The van der Waals surface area contributed by atoms with E-state index in [1.54, 1.807) is 12.1 Å². The molecule has 4 rings (SSSR count). The zero-order valence-electron chi connectivity index (χ0n) is 20.3. The smallest absolute Gasteiger partial charge is 0.381 e. The van der Waals surface area contributed by atoms with Gasteiger partial charge in [-0.25, -0.2) is 0 Å². The largest absolute Gasteiger partial charge is 0.417 e. The van der Waals surface area contributed by atoms with Crippen molar-refractivity contribution in [1.82, 2.24) is 4.90 Å². The van der Waals surface area contributed by atoms with Crippen LogP contribution in [0.15, 0.2) is 36.4 Å². The van der Waals surface area contributed by atoms with E-state index in [1.807, 2.05) is 48.8 Å². The summed E-state index contributed by atoms with van der Waals surface area (Å²) < 4.78 is 46.4. The molecule has 0 aliphatic carbocycles. The van der Waals surface area contributed by atoms with Crippen LogP contribution in [0.1, 0.15) is 46.0 Å². The van der Waals surface area contributed by atoms with Crippen molar-refractivity contribution in [2.24, 2.45) is 11.3 Å². The van der Waals surface area contributed by atoms with E-state index < -0.39 is 11.7 Å². The molecule has 35 heavy (non-hydrogen) atoms. The number of halogens is 3. The number of nitrogens with zero attached hydrogens (tertiary/aromatic N) is 3. The molecule has 2 saturated heterocycles. The molecule has 2 aromatic carbocycles. The van der Waals surface area contributed by atoms with Gasteiger partial charge in [0.1, 0.15) is 0 Å². The Labute approximate surface area is 204 Å². The second kappa shape index (κ2) is 9.54. The minimum atomic E-state index is -4.60. The maximum absolute atomic E-state index is 13.5. The van der Waals surface area contributed by atoms with Crippen molar-refractivity contribution in [1.29, 1.82) is 5.26 Å². The Morgan fingerprint density at radius 1 is 1.17 bits per heavy atom. The molecule has 0 bridgehead atoms. The van der Waals surface area contributed by atoms with Crippen molar-refractivity contribution in [3.63, 3.8) is 0 Å². The summed E-state index contributed by atoms with van der Waals surface area (Å²) in [7, 11) is 0. The third-order valence-corrected chi connectivity index (χ3v) is 7.56. The lowest BCUT2D eigenvalue weighted by Gasteiger charge is -2.44. The van der Waals surface area contributed by atoms with Crippen LogP contribution in [0.25, 0.3) is 0 Å². The van der Waals surface area contributed by atoms with Gasteiger partial charge in [0, 0.05) is 55.4 Å². The highest BCUT2D eigenvalue weighted by molar-refractivity contribution is 5.94. The number of hydrogen-bond acceptors (Lipinski definition) is 4. The predicted molar refractivity (Wildman–Crippen MR) is 127 cm³/mol. The minimum Gasteiger partial charge on any atom is -0.381 e. The molecule has 8 heteroatoms. The van der Waals surface area contributed by atoms with Gasteiger partial charge in [-0.1, -0.05) is 6.07 Å². The quantitative estimate of drug-likeness (QED) is 0.584. The number of amides is 1. The molecule has 2 fully saturated rings. The Bertz CT molecular complexity index is 1160. The Morgan fingerprint density at radius 3 is 2.60 bits per heavy atom. The van der Waals surface area contributed by atoms with Crippen molar-refractivity contribution in [3.8, 4) is 6.07 Å². The summed E-state index contributed by atoms with van der Waals surface area (Å²) in [6.07, 6.45) is -3.89. The van der Waals surface area contributed by atoms with E-state index in [2.05, 4.69) is 0 Å². The summed E-state index contributed by atoms with van der Waals surface area (Å²) in [5.41, 5.74) is 1.75. The molecule has 0 spiro atoms. The number of ether oxygens (including phenoxy) is 1. The molecular weight excluding hydrogens is 455 g/mol. The molecule has 1 amide bonds. The van der Waals surface area contributed by atoms with Crippen molar-refractivity contribution < 1.29 is 22.7 Å². The number of nitriles is 1. The van der Waals surface area contributed by atoms with E-state index >= 15 is 0 Å². The number of alkyl halides is 3. The van der Waals surface area contributed by atoms with Crippen molar-refractivity contribution >= 4 is 11.6 Å². The molecule has 0 N–H and O–H groups in total. The van der Waals surface area contributed by atoms with Gasteiger partial charge in [-0.3, -0.25) is 4.79 Å². The van der Waals surface area contributed by atoms with Gasteiger partial charge < -0.3 is 14.5 Å². The number of hydrogen-bond donors (Lipinski definition) is 0. The van der Waals surface area contributed by atoms with Crippen LogP contribution in [0.5, 0.6) is 0 Å². The van der Waals surface area contributed by atoms with Crippen LogP contribution in [0.2, 0.25) is 0 Å². The molecule has 2 aliphatic heterocycles. The highest BCUT2D eigenvalue weighted by Crippen LogP contribution is 2.45. The third kappa shape index (κ3) is 4.87. The van der Waals surface area contributed by atoms with Crippen LogP contribution in [0.3, 0.4) is 0 Å². The maximum atomic E-state index is 13.5. The molecule has 0 aromatic heterocycles. The number of piperidine rings is 1. The van der Waals surface area contributed by atoms with Crippen molar-refractivity contribution in [3.05, 3.63) is 64.2 Å². The van der Waals surface area contributed by atoms with Gasteiger partial charge >= 0.3 is 6.18 Å². The van der Waals surface area contributed by atoms with Crippen LogP contribution < -0.4 is 4.90 Å². The highest BCUT2D eigenvalue weighted by Gasteiger charge is 2.51. The second-order valence-corrected chi connectivity index (χ2v) is 9.72. The number of rotatable bonds is 5. The van der Waals surface area contributed by atoms with Gasteiger partial charge in [0.05, 0.1) is 23.8 Å². The van der Waals surface area contributed by atoms with Gasteiger partial charge in [0.15, 0.2) is 0 Å². The van der Waals surface area contributed by atoms with Gasteiger partial charge in [0.2, 0.25) is 0 Å². The first kappa shape index (κ1) is 25.1. The summed E-state index contributed by atoms with van der Waals surface area (Å²) in [6, 6.07) is 11.2. The molecule has 0 saturated carbocycles. The molecule has 2 aromatic rings. The number of aryl methyl sites for hydroxylation is 2. The molecule has 0 unspecified atom stereocenters. The number of likely N-dealkylation sites (tertiary alicyclic amines) is 1. The Hall–Kier alpha value is -3.05. The van der Waals surface area contributed by atoms with E-state index in [1.165, 1.54) is 6.07 Å². The molecule has 186 valence electrons. The van der Waals surface area contributed by atoms with Crippen LogP contribution in [-0.2, 0) is 10.9 Å². The maximum Gasteiger partial charge on any atom is 0.417 e. The first-order valence-electron chi connectivity index (χ1n) is 11.9. The number of carbonyl (C=O) groups is 1. The van der Waals surface area contributed by atoms with E-state index in [4.69, 9.17) is 10.00 Å². The first-order valence-corrected chi connectivity index (χ1v) is 11.9. The predicted octanol–water partition coefficient (Wildman–Crippen LogP) is 5.20. The number of carbonyl (C=O) groups excluding carboxylic acids is 1. The van der Waals surface area contributed by atoms with Crippen LogP contribution in [0.4, 0.5) is 18.9 Å². The fourth-order valence-electron chi connectivity index (χ4n) is 5.33. The Balaban J connectivity index is 1.59. The lowest BCUT2D eigenvalue weighted by Crippen LogP contribution is -2.49. The molecule has 2 aliphatic rings. The zero-order chi connectivity index (χ0) is 25.4. The SMILES string of the molecule is CCOC[C@@]12CCN(c3ccc(C#N)c(C(F)(F)F)c3)C[C@@H]1CN(C(=O)c1ccc(C)c(C)c1)C2. The number of benzene rings is 2. The monoisotopic (exact) mass is 485 g/mol. The van der Waals surface area contributed by atoms with Gasteiger partial charge in [-0.05, 0) is 68.7 Å². The summed E-state index contributed by atoms with van der Waals surface area (Å²) in [4.78, 5) is 17.2. The fourth-order valence-corrected chi connectivity index (χ4v) is 5.33. The van der Waals surface area contributed by atoms with E-state index in [0.717, 1.165) is 17.2 Å². The van der Waals surface area contributed by atoms with Gasteiger partial charge in [-0.2, -0.15) is 18.4 Å². The topological polar surface area (TPSA) is 56.6 Å². The number of fused-ring (bicyclic) bond motifs is 1. The fraction of sp³-hybridized carbons (Fsp3) is 0.481. The Morgan fingerprint density at radius 2 is 1.94 bits per heavy atom. The lowest BCUT2D eigenvalue weighted by atomic mass is 9.73. The first-order chi connectivity index (χ1) is 16.6. The van der Waals surface area contributed by atoms with Gasteiger partial charge in [-0.15, -0.1) is 0 Å². The molecule has 2 heterocycles. The van der Waals surface area contributed by atoms with Crippen molar-refractivity contribution in [2.75, 3.05) is 44.3 Å². The average Bonchev–Trinajstić information content (AvgIpc) is 3.22. The molecule has 5 nitrogen and oxygen atoms in total. The van der Waals surface area contributed by atoms with Gasteiger partial charge in [0.25, 0.3) is 5.91 Å². The van der Waals surface area contributed by atoms with Crippen LogP contribution in [-0.4, -0.2) is 50.2 Å². The van der Waals surface area contributed by atoms with E-state index in [-0.39, 0.29) is 22.8 Å². The summed E-state index contributed by atoms with van der Waals surface area (Å²) >= 11 is 0. The minimum absolute atomic E-state index is 0.0253. The molecule has 2 atom stereocenters. The van der Waals surface area contributed by atoms with E-state index in [9.17, 15) is 18.0 Å². The van der Waals surface area contributed by atoms with Crippen LogP contribution >= 0.6 is 0 Å². The standard InChI is InChI=1S/C27H30F3N3O2/c1-4-35-17-26-9-10-32(23-8-7-21(13-31)24(12-23)27(28,29)30)14-22(26)15-33(16-26)25(34)20-6-5-18(2)19(3)11-20/h5-8,11-12,22H,4,9-10,14-17H2,1-3H3/t22-,26+/m1/s1. The average molecular weight is 486 g/mol. The number of anilines is 1. The summed E-state index contributed by atoms with van der Waals surface area (Å²) in [5, 5.41) is 9.11. The summed E-state index contributed by atoms with van der Waals surface area (Å²) in [5.74, 6) is 0.0333. The normalized spacial score (nSPS) is 22.1. The summed E-state index contributed by atoms with van der Waals surface area (Å²) in [6.45, 7) is 9.17. The highest BCUT2D eigenvalue weighted by atomic mass is 19.4. The van der Waals surface area contributed by atoms with E-state index in [0.29, 0.717) is 57.1 Å². The lowest BCUT2D eigenvalue weighted by molar-refractivity contribution is -0.137. The van der Waals surface area contributed by atoms with Crippen molar-refractivity contribution in [2.45, 2.75) is 33.4 Å². The molecule has 0 radical (unpaired) electrons.